The topological polar surface area (TPSA) is 108 Å². The predicted octanol–water partition coefficient (Wildman–Crippen LogP) is 20.9. The molecule has 0 aromatic carbocycles. The number of carbonyl (C=O) groups excluding carboxylic acids is 1. The number of unbranched alkanes of at least 4 members (excludes halogenated alkanes) is 52. The fourth-order valence-corrected chi connectivity index (χ4v) is 11.7. The summed E-state index contributed by atoms with van der Waals surface area (Å²) in [5, 5.41) is 14.1. The van der Waals surface area contributed by atoms with Gasteiger partial charge in [-0.25, -0.2) is 0 Å². The van der Waals surface area contributed by atoms with E-state index in [2.05, 4.69) is 19.2 Å². The van der Waals surface area contributed by atoms with Gasteiger partial charge >= 0.3 is 0 Å². The van der Waals surface area contributed by atoms with Crippen molar-refractivity contribution in [3.8, 4) is 0 Å². The van der Waals surface area contributed by atoms with Crippen LogP contribution in [-0.2, 0) is 18.4 Å². The minimum atomic E-state index is -4.57. The SMILES string of the molecule is CCCCCCCCCCCCCCCCCCCCCCCCCCCCCCCCCCCCCCCC(=O)NC(COP(=O)([O-])OCC[N+](C)(C)C)C(O)CCCCCCCCCCCCCCCCCCC. The van der Waals surface area contributed by atoms with Crippen LogP contribution in [0.15, 0.2) is 0 Å². The van der Waals surface area contributed by atoms with Crippen LogP contribution in [0.4, 0.5) is 0 Å². The van der Waals surface area contributed by atoms with E-state index in [1.807, 2.05) is 21.1 Å². The molecule has 0 aromatic heterocycles. The van der Waals surface area contributed by atoms with E-state index in [9.17, 15) is 19.4 Å². The molecule has 0 bridgehead atoms. The zero-order valence-corrected chi connectivity index (χ0v) is 53.2. The van der Waals surface area contributed by atoms with Gasteiger partial charge in [-0.15, -0.1) is 0 Å². The maximum absolute atomic E-state index is 13.0. The molecule has 0 saturated heterocycles. The third-order valence-electron chi connectivity index (χ3n) is 16.3. The molecule has 3 unspecified atom stereocenters. The van der Waals surface area contributed by atoms with E-state index in [1.54, 1.807) is 0 Å². The number of aliphatic hydroxyl groups is 1. The summed E-state index contributed by atoms with van der Waals surface area (Å²) >= 11 is 0. The van der Waals surface area contributed by atoms with Crippen LogP contribution in [0.5, 0.6) is 0 Å². The van der Waals surface area contributed by atoms with Gasteiger partial charge in [0, 0.05) is 6.42 Å². The van der Waals surface area contributed by atoms with Gasteiger partial charge in [0.15, 0.2) is 0 Å². The number of hydrogen-bond donors (Lipinski definition) is 2. The van der Waals surface area contributed by atoms with Crippen LogP contribution >= 0.6 is 7.82 Å². The lowest BCUT2D eigenvalue weighted by molar-refractivity contribution is -0.870. The molecule has 0 fully saturated rings. The molecule has 0 aliphatic carbocycles. The molecular formula is C67H137N2O6P. The standard InChI is InChI=1S/C67H137N2O6P/c1-6-8-10-12-14-16-18-20-22-24-25-26-27-28-29-30-31-32-33-34-35-36-37-38-39-40-41-42-43-45-47-49-51-53-55-57-59-61-67(71)68-65(64-75-76(72,73)74-63-62-69(3,4)5)66(70)60-58-56-54-52-50-48-46-44-23-21-19-17-15-13-11-9-7-2/h65-66,70H,6-64H2,1-5H3,(H-,68,71,72,73). The molecule has 0 saturated carbocycles. The molecule has 0 aliphatic heterocycles. The molecule has 456 valence electrons. The highest BCUT2D eigenvalue weighted by molar-refractivity contribution is 7.45. The van der Waals surface area contributed by atoms with Crippen molar-refractivity contribution in [3.63, 3.8) is 0 Å². The number of likely N-dealkylation sites (N-methyl/N-ethyl adjacent to an activating group) is 1. The summed E-state index contributed by atoms with van der Waals surface area (Å²) in [4.78, 5) is 25.6. The van der Waals surface area contributed by atoms with Crippen molar-refractivity contribution in [2.24, 2.45) is 0 Å². The maximum atomic E-state index is 13.0. The summed E-state index contributed by atoms with van der Waals surface area (Å²) in [6.07, 6.45) is 73.3. The van der Waals surface area contributed by atoms with Crippen LogP contribution in [0.2, 0.25) is 0 Å². The molecule has 0 aliphatic rings. The number of nitrogens with one attached hydrogen (secondary N) is 1. The van der Waals surface area contributed by atoms with Crippen LogP contribution in [0.1, 0.15) is 373 Å². The molecule has 0 spiro atoms. The largest absolute Gasteiger partial charge is 0.756 e. The highest BCUT2D eigenvalue weighted by atomic mass is 31.2. The highest BCUT2D eigenvalue weighted by Gasteiger charge is 2.24. The molecule has 1 amide bonds. The van der Waals surface area contributed by atoms with Gasteiger partial charge in [-0.05, 0) is 12.8 Å². The van der Waals surface area contributed by atoms with E-state index in [0.29, 0.717) is 23.9 Å². The Labute approximate surface area is 476 Å². The number of hydrogen-bond acceptors (Lipinski definition) is 6. The molecule has 3 atom stereocenters. The second-order valence-corrected chi connectivity index (χ2v) is 26.7. The van der Waals surface area contributed by atoms with Crippen LogP contribution in [-0.4, -0.2) is 68.5 Å². The van der Waals surface area contributed by atoms with Gasteiger partial charge in [0.05, 0.1) is 39.9 Å². The monoisotopic (exact) mass is 1100 g/mol. The summed E-state index contributed by atoms with van der Waals surface area (Å²) in [6, 6.07) is -0.796. The number of quaternary nitrogens is 1. The molecule has 8 nitrogen and oxygen atoms in total. The minimum Gasteiger partial charge on any atom is -0.756 e. The van der Waals surface area contributed by atoms with Gasteiger partial charge in [0.1, 0.15) is 13.2 Å². The van der Waals surface area contributed by atoms with Crippen molar-refractivity contribution in [1.82, 2.24) is 5.32 Å². The van der Waals surface area contributed by atoms with Gasteiger partial charge in [-0.1, -0.05) is 354 Å². The van der Waals surface area contributed by atoms with E-state index in [-0.39, 0.29) is 19.1 Å². The highest BCUT2D eigenvalue weighted by Crippen LogP contribution is 2.38. The first-order valence-electron chi connectivity index (χ1n) is 34.4. The van der Waals surface area contributed by atoms with Gasteiger partial charge < -0.3 is 28.8 Å². The second-order valence-electron chi connectivity index (χ2n) is 25.3. The number of aliphatic hydroxyl groups excluding tert-OH is 1. The minimum absolute atomic E-state index is 0.0167. The Balaban J connectivity index is 3.87. The molecule has 2 N–H and O–H groups in total. The van der Waals surface area contributed by atoms with Crippen LogP contribution in [0, 0.1) is 0 Å². The van der Waals surface area contributed by atoms with Crippen molar-refractivity contribution in [2.45, 2.75) is 386 Å². The van der Waals surface area contributed by atoms with Crippen molar-refractivity contribution in [3.05, 3.63) is 0 Å². The van der Waals surface area contributed by atoms with Gasteiger partial charge in [0.2, 0.25) is 5.91 Å². The zero-order chi connectivity index (χ0) is 55.6. The Morgan fingerprint density at radius 2 is 0.645 bits per heavy atom. The van der Waals surface area contributed by atoms with Crippen LogP contribution in [0.25, 0.3) is 0 Å². The van der Waals surface area contributed by atoms with E-state index < -0.39 is 20.0 Å². The first kappa shape index (κ1) is 75.5. The van der Waals surface area contributed by atoms with E-state index in [0.717, 1.165) is 38.5 Å². The lowest BCUT2D eigenvalue weighted by Gasteiger charge is -2.30. The molecule has 0 aromatic rings. The first-order valence-corrected chi connectivity index (χ1v) is 35.8. The molecule has 0 heterocycles. The Morgan fingerprint density at radius 3 is 0.895 bits per heavy atom. The molecule has 0 rings (SSSR count). The van der Waals surface area contributed by atoms with Crippen LogP contribution in [0.3, 0.4) is 0 Å². The number of phosphoric acid groups is 1. The summed E-state index contributed by atoms with van der Waals surface area (Å²) in [5.74, 6) is -0.155. The third kappa shape index (κ3) is 61.1. The van der Waals surface area contributed by atoms with Gasteiger partial charge in [-0.3, -0.25) is 9.36 Å². The fourth-order valence-electron chi connectivity index (χ4n) is 11.0. The normalized spacial score (nSPS) is 13.6. The van der Waals surface area contributed by atoms with Crippen molar-refractivity contribution >= 4 is 13.7 Å². The third-order valence-corrected chi connectivity index (χ3v) is 17.3. The number of phosphoric ester groups is 1. The summed E-state index contributed by atoms with van der Waals surface area (Å²) in [7, 11) is 1.33. The van der Waals surface area contributed by atoms with Gasteiger partial charge in [0.25, 0.3) is 7.82 Å². The lowest BCUT2D eigenvalue weighted by atomic mass is 10.0. The fraction of sp³-hybridized carbons (Fsp3) is 0.985. The first-order chi connectivity index (χ1) is 37.0. The second kappa shape index (κ2) is 59.1. The zero-order valence-electron chi connectivity index (χ0n) is 52.3. The predicted molar refractivity (Wildman–Crippen MR) is 330 cm³/mol. The average Bonchev–Trinajstić information content (AvgIpc) is 3.38. The van der Waals surface area contributed by atoms with E-state index in [1.165, 1.54) is 308 Å². The van der Waals surface area contributed by atoms with Crippen molar-refractivity contribution in [2.75, 3.05) is 40.9 Å². The summed E-state index contributed by atoms with van der Waals surface area (Å²) < 4.78 is 23.5. The van der Waals surface area contributed by atoms with Crippen molar-refractivity contribution < 1.29 is 32.9 Å². The number of rotatable bonds is 65. The van der Waals surface area contributed by atoms with Gasteiger partial charge in [-0.2, -0.15) is 0 Å². The summed E-state index contributed by atoms with van der Waals surface area (Å²) in [5.41, 5.74) is 0. The number of carbonyl (C=O) groups is 1. The Morgan fingerprint density at radius 1 is 0.408 bits per heavy atom. The smallest absolute Gasteiger partial charge is 0.268 e. The quantitative estimate of drug-likeness (QED) is 0.0357. The maximum Gasteiger partial charge on any atom is 0.268 e. The average molecular weight is 1100 g/mol. The Kier molecular flexibility index (Phi) is 58.7. The number of nitrogens with zero attached hydrogens (tertiary/aromatic N) is 1. The molecular weight excluding hydrogens is 960 g/mol. The number of amides is 1. The summed E-state index contributed by atoms with van der Waals surface area (Å²) in [6.45, 7) is 4.79. The Bertz CT molecular complexity index is 1200. The van der Waals surface area contributed by atoms with Crippen LogP contribution < -0.4 is 10.2 Å². The molecule has 76 heavy (non-hydrogen) atoms. The molecule has 0 radical (unpaired) electrons. The Hall–Kier alpha value is -0.500. The van der Waals surface area contributed by atoms with E-state index in [4.69, 9.17) is 9.05 Å². The lowest BCUT2D eigenvalue weighted by Crippen LogP contribution is -2.46. The van der Waals surface area contributed by atoms with Crippen molar-refractivity contribution in [1.29, 1.82) is 0 Å². The van der Waals surface area contributed by atoms with E-state index >= 15 is 0 Å². The molecule has 9 heteroatoms.